The Bertz CT molecular complexity index is 152. The second kappa shape index (κ2) is 5.41. The minimum atomic E-state index is -0.420. The van der Waals surface area contributed by atoms with E-state index in [1.54, 1.807) is 0 Å². The van der Waals surface area contributed by atoms with Crippen molar-refractivity contribution >= 4 is 13.5 Å². The topological polar surface area (TPSA) is 20.2 Å². The second-order valence-corrected chi connectivity index (χ2v) is 5.18. The van der Waals surface area contributed by atoms with Crippen molar-refractivity contribution in [3.05, 3.63) is 0 Å². The summed E-state index contributed by atoms with van der Waals surface area (Å²) in [4.78, 5) is 0. The average molecular weight is 218 g/mol. The maximum Gasteiger partial charge on any atom is 0.0721 e. The largest absolute Gasteiger partial charge is 0.389 e. The first-order chi connectivity index (χ1) is 5.99. The Hall–Kier alpha value is 0.310. The van der Waals surface area contributed by atoms with E-state index in [1.807, 2.05) is 0 Å². The molecular formula is C12H26OS. The molecule has 0 aliphatic heterocycles. The van der Waals surface area contributed by atoms with Gasteiger partial charge in [0, 0.05) is 0 Å². The van der Waals surface area contributed by atoms with Crippen LogP contribution in [0.3, 0.4) is 0 Å². The normalized spacial score (nSPS) is 19.1. The molecule has 14 heavy (non-hydrogen) atoms. The van der Waals surface area contributed by atoms with Crippen LogP contribution < -0.4 is 0 Å². The third-order valence-electron chi connectivity index (χ3n) is 3.86. The Kier molecular flexibility index (Phi) is 5.53. The highest BCUT2D eigenvalue weighted by atomic mass is 32.1. The van der Waals surface area contributed by atoms with Gasteiger partial charge in [-0.25, -0.2) is 0 Å². The van der Waals surface area contributed by atoms with Crippen molar-refractivity contribution in [1.82, 2.24) is 0 Å². The first-order valence-corrected chi connectivity index (χ1v) is 5.72. The Balaban J connectivity index is 0.00000169. The fourth-order valence-electron chi connectivity index (χ4n) is 3.00. The lowest BCUT2D eigenvalue weighted by Gasteiger charge is -2.41. The Morgan fingerprint density at radius 2 is 1.36 bits per heavy atom. The zero-order chi connectivity index (χ0) is 10.1. The van der Waals surface area contributed by atoms with Gasteiger partial charge in [0.15, 0.2) is 0 Å². The SMILES string of the molecule is CC(C)C(O)(C(C)C)C1CCCC1.S. The van der Waals surface area contributed by atoms with Gasteiger partial charge in [-0.05, 0) is 30.6 Å². The van der Waals surface area contributed by atoms with Crippen LogP contribution in [-0.4, -0.2) is 10.7 Å². The molecule has 0 spiro atoms. The van der Waals surface area contributed by atoms with Gasteiger partial charge in [-0.2, -0.15) is 13.5 Å². The van der Waals surface area contributed by atoms with Crippen LogP contribution in [0.4, 0.5) is 0 Å². The van der Waals surface area contributed by atoms with E-state index in [0.29, 0.717) is 17.8 Å². The number of rotatable bonds is 3. The maximum absolute atomic E-state index is 10.7. The van der Waals surface area contributed by atoms with Gasteiger partial charge in [0.05, 0.1) is 5.60 Å². The fourth-order valence-corrected chi connectivity index (χ4v) is 3.00. The monoisotopic (exact) mass is 218 g/mol. The van der Waals surface area contributed by atoms with Crippen LogP contribution in [0.15, 0.2) is 0 Å². The third-order valence-corrected chi connectivity index (χ3v) is 3.86. The quantitative estimate of drug-likeness (QED) is 0.770. The highest BCUT2D eigenvalue weighted by Crippen LogP contribution is 2.42. The van der Waals surface area contributed by atoms with Crippen molar-refractivity contribution in [2.45, 2.75) is 59.0 Å². The van der Waals surface area contributed by atoms with Gasteiger partial charge in [0.25, 0.3) is 0 Å². The van der Waals surface area contributed by atoms with E-state index >= 15 is 0 Å². The first kappa shape index (κ1) is 14.3. The molecule has 2 heteroatoms. The molecule has 0 amide bonds. The molecular weight excluding hydrogens is 192 g/mol. The van der Waals surface area contributed by atoms with Gasteiger partial charge >= 0.3 is 0 Å². The molecule has 1 nitrogen and oxygen atoms in total. The molecule has 0 aromatic rings. The molecule has 0 radical (unpaired) electrons. The lowest BCUT2D eigenvalue weighted by Crippen LogP contribution is -2.46. The highest BCUT2D eigenvalue weighted by molar-refractivity contribution is 7.59. The summed E-state index contributed by atoms with van der Waals surface area (Å²) in [5.74, 6) is 1.32. The first-order valence-electron chi connectivity index (χ1n) is 5.72. The van der Waals surface area contributed by atoms with Crippen molar-refractivity contribution in [3.8, 4) is 0 Å². The van der Waals surface area contributed by atoms with Gasteiger partial charge in [0.2, 0.25) is 0 Å². The molecule has 0 aromatic carbocycles. The summed E-state index contributed by atoms with van der Waals surface area (Å²) < 4.78 is 0. The molecule has 0 aromatic heterocycles. The Labute approximate surface area is 95.7 Å². The van der Waals surface area contributed by atoms with Gasteiger partial charge in [0.1, 0.15) is 0 Å². The summed E-state index contributed by atoms with van der Waals surface area (Å²) in [6.07, 6.45) is 5.08. The van der Waals surface area contributed by atoms with E-state index in [4.69, 9.17) is 0 Å². The van der Waals surface area contributed by atoms with Gasteiger partial charge < -0.3 is 5.11 Å². The maximum atomic E-state index is 10.7. The molecule has 0 atom stereocenters. The van der Waals surface area contributed by atoms with E-state index in [-0.39, 0.29) is 13.5 Å². The molecule has 1 saturated carbocycles. The summed E-state index contributed by atoms with van der Waals surface area (Å²) in [5.41, 5.74) is -0.420. The molecule has 1 rings (SSSR count). The van der Waals surface area contributed by atoms with Crippen molar-refractivity contribution < 1.29 is 5.11 Å². The molecule has 1 N–H and O–H groups in total. The van der Waals surface area contributed by atoms with Crippen molar-refractivity contribution in [2.75, 3.05) is 0 Å². The molecule has 0 bridgehead atoms. The van der Waals surface area contributed by atoms with Crippen LogP contribution >= 0.6 is 13.5 Å². The van der Waals surface area contributed by atoms with E-state index in [9.17, 15) is 5.11 Å². The highest BCUT2D eigenvalue weighted by Gasteiger charge is 2.43. The van der Waals surface area contributed by atoms with Crippen LogP contribution in [0.1, 0.15) is 53.4 Å². The fraction of sp³-hybridized carbons (Fsp3) is 1.00. The van der Waals surface area contributed by atoms with E-state index in [2.05, 4.69) is 27.7 Å². The molecule has 1 fully saturated rings. The van der Waals surface area contributed by atoms with Crippen LogP contribution in [0.5, 0.6) is 0 Å². The number of aliphatic hydroxyl groups is 1. The smallest absolute Gasteiger partial charge is 0.0721 e. The van der Waals surface area contributed by atoms with Crippen LogP contribution in [0.25, 0.3) is 0 Å². The standard InChI is InChI=1S/C12H24O.H2S/c1-9(2)12(13,10(3)4)11-7-5-6-8-11;/h9-11,13H,5-8H2,1-4H3;1H2. The zero-order valence-electron chi connectivity index (χ0n) is 10.0. The van der Waals surface area contributed by atoms with E-state index in [1.165, 1.54) is 25.7 Å². The summed E-state index contributed by atoms with van der Waals surface area (Å²) in [6.45, 7) is 8.60. The molecule has 1 aliphatic carbocycles. The molecule has 0 saturated heterocycles. The number of hydrogen-bond donors (Lipinski definition) is 1. The van der Waals surface area contributed by atoms with Gasteiger partial charge in [-0.15, -0.1) is 0 Å². The summed E-state index contributed by atoms with van der Waals surface area (Å²) >= 11 is 0. The lowest BCUT2D eigenvalue weighted by molar-refractivity contribution is -0.0939. The predicted molar refractivity (Wildman–Crippen MR) is 67.0 cm³/mol. The van der Waals surface area contributed by atoms with E-state index in [0.717, 1.165) is 0 Å². The second-order valence-electron chi connectivity index (χ2n) is 5.18. The number of hydrogen-bond acceptors (Lipinski definition) is 1. The van der Waals surface area contributed by atoms with Crippen molar-refractivity contribution in [3.63, 3.8) is 0 Å². The molecule has 86 valence electrons. The summed E-state index contributed by atoms with van der Waals surface area (Å²) in [7, 11) is 0. The summed E-state index contributed by atoms with van der Waals surface area (Å²) in [5, 5.41) is 10.7. The van der Waals surface area contributed by atoms with Gasteiger partial charge in [-0.1, -0.05) is 40.5 Å². The van der Waals surface area contributed by atoms with Crippen LogP contribution in [0, 0.1) is 17.8 Å². The predicted octanol–water partition coefficient (Wildman–Crippen LogP) is 3.33. The van der Waals surface area contributed by atoms with Gasteiger partial charge in [-0.3, -0.25) is 0 Å². The lowest BCUT2D eigenvalue weighted by atomic mass is 9.70. The van der Waals surface area contributed by atoms with Crippen molar-refractivity contribution in [2.24, 2.45) is 17.8 Å². The van der Waals surface area contributed by atoms with E-state index < -0.39 is 5.60 Å². The molecule has 0 unspecified atom stereocenters. The minimum absolute atomic E-state index is 0. The van der Waals surface area contributed by atoms with Crippen molar-refractivity contribution in [1.29, 1.82) is 0 Å². The average Bonchev–Trinajstić information content (AvgIpc) is 2.54. The Morgan fingerprint density at radius 3 is 1.64 bits per heavy atom. The third kappa shape index (κ3) is 2.46. The van der Waals surface area contributed by atoms with Crippen LogP contribution in [-0.2, 0) is 0 Å². The molecule has 0 heterocycles. The van der Waals surface area contributed by atoms with Crippen LogP contribution in [0.2, 0.25) is 0 Å². The molecule has 1 aliphatic rings. The minimum Gasteiger partial charge on any atom is -0.389 e. The summed E-state index contributed by atoms with van der Waals surface area (Å²) in [6, 6.07) is 0. The zero-order valence-corrected chi connectivity index (χ0v) is 11.0. The Morgan fingerprint density at radius 1 is 1.00 bits per heavy atom.